The third-order valence-corrected chi connectivity index (χ3v) is 5.45. The van der Waals surface area contributed by atoms with Gasteiger partial charge in [-0.15, -0.1) is 0 Å². The van der Waals surface area contributed by atoms with Crippen LogP contribution in [0.4, 0.5) is 4.79 Å². The Kier molecular flexibility index (Phi) is 9.27. The molecule has 2 aliphatic heterocycles. The van der Waals surface area contributed by atoms with E-state index in [2.05, 4.69) is 16.5 Å². The zero-order valence-corrected chi connectivity index (χ0v) is 18.1. The van der Waals surface area contributed by atoms with E-state index >= 15 is 0 Å². The second kappa shape index (κ2) is 11.4. The fourth-order valence-corrected chi connectivity index (χ4v) is 3.84. The van der Waals surface area contributed by atoms with Crippen molar-refractivity contribution in [3.8, 4) is 0 Å². The maximum absolute atomic E-state index is 12.5. The predicted octanol–water partition coefficient (Wildman–Crippen LogP) is 2.86. The number of ether oxygens (including phenoxy) is 4. The van der Waals surface area contributed by atoms with Crippen LogP contribution in [-0.2, 0) is 23.8 Å². The van der Waals surface area contributed by atoms with Crippen LogP contribution in [0.3, 0.4) is 0 Å². The van der Waals surface area contributed by atoms with Crippen molar-refractivity contribution >= 4 is 13.7 Å². The second-order valence-electron chi connectivity index (χ2n) is 7.94. The summed E-state index contributed by atoms with van der Waals surface area (Å²) in [4.78, 5) is 22.9. The Morgan fingerprint density at radius 1 is 1.43 bits per heavy atom. The van der Waals surface area contributed by atoms with Crippen LogP contribution in [0.5, 0.6) is 0 Å². The van der Waals surface area contributed by atoms with Gasteiger partial charge in [-0.1, -0.05) is 12.7 Å². The SMILES string of the molecule is [B]=NOC1OC(C)C([N+]#[C-])CC1OC1CC(C)C(N(C(=O)OCC=C)C(C)C)CO1. The molecule has 2 aliphatic rings. The Labute approximate surface area is 179 Å². The van der Waals surface area contributed by atoms with Crippen LogP contribution in [-0.4, -0.2) is 74.8 Å². The summed E-state index contributed by atoms with van der Waals surface area (Å²) in [6.45, 7) is 19.1. The molecule has 0 bridgehead atoms. The summed E-state index contributed by atoms with van der Waals surface area (Å²) in [6, 6.07) is -0.545. The molecule has 2 saturated heterocycles. The molecule has 0 aromatic carbocycles. The Balaban J connectivity index is 2.01. The first-order valence-electron chi connectivity index (χ1n) is 10.2. The van der Waals surface area contributed by atoms with Crippen molar-refractivity contribution < 1.29 is 28.6 Å². The van der Waals surface area contributed by atoms with Gasteiger partial charge in [0.15, 0.2) is 0 Å². The van der Waals surface area contributed by atoms with E-state index in [4.69, 9.17) is 38.0 Å². The van der Waals surface area contributed by atoms with E-state index in [-0.39, 0.29) is 36.8 Å². The number of hydrogen-bond acceptors (Lipinski definition) is 7. The van der Waals surface area contributed by atoms with Crippen molar-refractivity contribution in [2.75, 3.05) is 13.2 Å². The minimum absolute atomic E-state index is 0.0487. The molecule has 0 spiro atoms. The molecule has 7 unspecified atom stereocenters. The van der Waals surface area contributed by atoms with Crippen LogP contribution in [0.1, 0.15) is 40.5 Å². The summed E-state index contributed by atoms with van der Waals surface area (Å²) in [6.07, 6.45) is -0.0506. The van der Waals surface area contributed by atoms with Crippen molar-refractivity contribution in [1.82, 2.24) is 4.90 Å². The minimum atomic E-state index is -0.805. The van der Waals surface area contributed by atoms with E-state index in [9.17, 15) is 4.79 Å². The number of amides is 1. The van der Waals surface area contributed by atoms with Crippen molar-refractivity contribution in [3.63, 3.8) is 0 Å². The van der Waals surface area contributed by atoms with Gasteiger partial charge in [0, 0.05) is 0 Å². The Hall–Kier alpha value is -1.96. The summed E-state index contributed by atoms with van der Waals surface area (Å²) in [5.41, 5.74) is 0. The summed E-state index contributed by atoms with van der Waals surface area (Å²) in [5.74, 6) is 0.0982. The zero-order valence-electron chi connectivity index (χ0n) is 18.1. The van der Waals surface area contributed by atoms with Crippen LogP contribution < -0.4 is 0 Å². The zero-order chi connectivity index (χ0) is 22.3. The normalized spacial score (nSPS) is 33.9. The van der Waals surface area contributed by atoms with Gasteiger partial charge in [-0.2, -0.15) is 0 Å². The number of hydrogen-bond donors (Lipinski definition) is 0. The van der Waals surface area contributed by atoms with Gasteiger partial charge in [-0.05, 0) is 0 Å². The second-order valence-corrected chi connectivity index (χ2v) is 7.94. The molecule has 1 amide bonds. The molecule has 2 heterocycles. The molecule has 9 nitrogen and oxygen atoms in total. The first-order valence-corrected chi connectivity index (χ1v) is 10.2. The molecule has 0 aromatic rings. The number of carbonyl (C=O) groups is 1. The van der Waals surface area contributed by atoms with Crippen LogP contribution in [0.15, 0.2) is 17.7 Å². The average Bonchev–Trinajstić information content (AvgIpc) is 2.70. The standard InChI is InChI=1S/C20H31BN3O6/c1-7-8-26-20(25)24(12(2)3)16-11-27-18(9-13(16)4)29-17-10-15(22-6)14(5)28-19(17)30-23-21/h7,12-19H,1,8-11H2,2-5H3. The van der Waals surface area contributed by atoms with E-state index in [1.807, 2.05) is 27.7 Å². The summed E-state index contributed by atoms with van der Waals surface area (Å²) >= 11 is 0. The molecular weight excluding hydrogens is 389 g/mol. The third kappa shape index (κ3) is 6.03. The fraction of sp³-hybridized carbons (Fsp3) is 0.800. The van der Waals surface area contributed by atoms with Gasteiger partial charge in [-0.3, -0.25) is 0 Å². The van der Waals surface area contributed by atoms with Crippen LogP contribution in [0.25, 0.3) is 4.85 Å². The number of nitrogens with zero attached hydrogens (tertiary/aromatic N) is 3. The topological polar surface area (TPSA) is 83.2 Å². The quantitative estimate of drug-likeness (QED) is 0.260. The van der Waals surface area contributed by atoms with Crippen LogP contribution in [0.2, 0.25) is 0 Å². The van der Waals surface area contributed by atoms with Crippen LogP contribution >= 0.6 is 0 Å². The molecule has 2 fully saturated rings. The van der Waals surface area contributed by atoms with Crippen molar-refractivity contribution in [3.05, 3.63) is 24.1 Å². The maximum atomic E-state index is 12.5. The third-order valence-electron chi connectivity index (χ3n) is 5.45. The predicted molar refractivity (Wildman–Crippen MR) is 109 cm³/mol. The first kappa shape index (κ1) is 24.3. The Morgan fingerprint density at radius 3 is 2.73 bits per heavy atom. The molecule has 0 aromatic heterocycles. The summed E-state index contributed by atoms with van der Waals surface area (Å²) in [5, 5.41) is 3.21. The van der Waals surface area contributed by atoms with Gasteiger partial charge >= 0.3 is 160 Å². The number of rotatable bonds is 8. The molecule has 0 aliphatic carbocycles. The average molecular weight is 420 g/mol. The van der Waals surface area contributed by atoms with E-state index in [1.165, 1.54) is 6.08 Å². The molecule has 7 atom stereocenters. The van der Waals surface area contributed by atoms with Crippen molar-refractivity contribution in [1.29, 1.82) is 0 Å². The summed E-state index contributed by atoms with van der Waals surface area (Å²) in [7, 11) is 5.15. The van der Waals surface area contributed by atoms with Gasteiger partial charge < -0.3 is 0 Å². The van der Waals surface area contributed by atoms with Crippen molar-refractivity contribution in [2.24, 2.45) is 11.0 Å². The van der Waals surface area contributed by atoms with Gasteiger partial charge in [0.1, 0.15) is 6.61 Å². The van der Waals surface area contributed by atoms with Gasteiger partial charge in [0.05, 0.1) is 0 Å². The van der Waals surface area contributed by atoms with E-state index < -0.39 is 24.8 Å². The molecule has 0 saturated carbocycles. The van der Waals surface area contributed by atoms with Crippen molar-refractivity contribution in [2.45, 2.75) is 83.5 Å². The van der Waals surface area contributed by atoms with E-state index in [0.29, 0.717) is 19.4 Å². The first-order chi connectivity index (χ1) is 14.3. The molecule has 10 heteroatoms. The molecule has 30 heavy (non-hydrogen) atoms. The van der Waals surface area contributed by atoms with Gasteiger partial charge in [0.2, 0.25) is 0 Å². The summed E-state index contributed by atoms with van der Waals surface area (Å²) < 4.78 is 23.0. The van der Waals surface area contributed by atoms with Crippen LogP contribution in [0, 0.1) is 12.5 Å². The van der Waals surface area contributed by atoms with E-state index in [0.717, 1.165) is 0 Å². The van der Waals surface area contributed by atoms with Gasteiger partial charge in [-0.25, -0.2) is 0 Å². The molecule has 0 N–H and O–H groups in total. The molecule has 2 rings (SSSR count). The van der Waals surface area contributed by atoms with E-state index in [1.54, 1.807) is 4.90 Å². The fourth-order valence-electron chi connectivity index (χ4n) is 3.84. The molecular formula is C20H31BN3O6. The number of carbonyl (C=O) groups excluding carboxylic acids is 1. The monoisotopic (exact) mass is 420 g/mol. The Morgan fingerprint density at radius 2 is 2.17 bits per heavy atom. The van der Waals surface area contributed by atoms with Gasteiger partial charge in [0.25, 0.3) is 0 Å². The Bertz CT molecular complexity index is 643. The molecule has 1 radical (unpaired) electrons. The molecule has 165 valence electrons.